The van der Waals surface area contributed by atoms with Gasteiger partial charge in [0, 0.05) is 29.7 Å². The van der Waals surface area contributed by atoms with Crippen LogP contribution < -0.4 is 10.6 Å². The van der Waals surface area contributed by atoms with Crippen molar-refractivity contribution in [1.29, 1.82) is 0 Å². The molecule has 1 saturated carbocycles. The summed E-state index contributed by atoms with van der Waals surface area (Å²) in [4.78, 5) is 40.1. The molecular formula is C27H34FN3O5. The lowest BCUT2D eigenvalue weighted by Crippen LogP contribution is -2.59. The number of likely N-dealkylation sites (tertiary alicyclic amines) is 1. The third kappa shape index (κ3) is 5.31. The number of carbonyl (C=O) groups excluding carboxylic acids is 2. The van der Waals surface area contributed by atoms with Gasteiger partial charge < -0.3 is 25.1 Å². The molecule has 4 rings (SSSR count). The van der Waals surface area contributed by atoms with E-state index in [1.165, 1.54) is 18.2 Å². The summed E-state index contributed by atoms with van der Waals surface area (Å²) >= 11 is 0. The molecule has 2 aromatic rings. The minimum Gasteiger partial charge on any atom is -0.481 e. The van der Waals surface area contributed by atoms with Crippen molar-refractivity contribution in [2.24, 2.45) is 5.41 Å². The SMILES string of the molecule is CC(C)(C)NC1CCC(N2CC[C@H](NC(=O)c3ccc(-c4cccc(F)c4)o3)C2=O)C(C)(C(=O)O)C1. The zero-order chi connectivity index (χ0) is 26.3. The number of rotatable bonds is 6. The Morgan fingerprint density at radius 3 is 2.58 bits per heavy atom. The van der Waals surface area contributed by atoms with Gasteiger partial charge in [-0.15, -0.1) is 0 Å². The van der Waals surface area contributed by atoms with E-state index in [0.29, 0.717) is 37.1 Å². The van der Waals surface area contributed by atoms with Gasteiger partial charge in [0.15, 0.2) is 5.76 Å². The molecular weight excluding hydrogens is 465 g/mol. The lowest BCUT2D eigenvalue weighted by molar-refractivity contribution is -0.158. The highest BCUT2D eigenvalue weighted by Gasteiger charge is 2.52. The minimum absolute atomic E-state index is 0.0182. The summed E-state index contributed by atoms with van der Waals surface area (Å²) in [7, 11) is 0. The fourth-order valence-corrected chi connectivity index (χ4v) is 5.52. The number of carbonyl (C=O) groups is 3. The number of hydrogen-bond donors (Lipinski definition) is 3. The van der Waals surface area contributed by atoms with Gasteiger partial charge in [0.1, 0.15) is 17.6 Å². The van der Waals surface area contributed by atoms with E-state index in [2.05, 4.69) is 31.4 Å². The molecule has 9 heteroatoms. The molecule has 2 fully saturated rings. The molecule has 2 heterocycles. The van der Waals surface area contributed by atoms with Crippen molar-refractivity contribution in [2.75, 3.05) is 6.54 Å². The number of nitrogens with one attached hydrogen (secondary N) is 2. The van der Waals surface area contributed by atoms with E-state index < -0.39 is 35.2 Å². The lowest BCUT2D eigenvalue weighted by Gasteiger charge is -2.47. The molecule has 8 nitrogen and oxygen atoms in total. The summed E-state index contributed by atoms with van der Waals surface area (Å²) in [6.07, 6.45) is 2.14. The predicted octanol–water partition coefficient (Wildman–Crippen LogP) is 3.82. The van der Waals surface area contributed by atoms with Crippen LogP contribution in [-0.4, -0.2) is 58.0 Å². The van der Waals surface area contributed by atoms with Gasteiger partial charge in [-0.3, -0.25) is 14.4 Å². The lowest BCUT2D eigenvalue weighted by atomic mass is 9.68. The number of carboxylic acid groups (broad SMARTS) is 1. The van der Waals surface area contributed by atoms with E-state index in [1.807, 2.05) is 0 Å². The molecule has 1 aromatic heterocycles. The summed E-state index contributed by atoms with van der Waals surface area (Å²) in [6, 6.07) is 7.75. The zero-order valence-corrected chi connectivity index (χ0v) is 21.1. The van der Waals surface area contributed by atoms with Crippen molar-refractivity contribution >= 4 is 17.8 Å². The molecule has 0 radical (unpaired) electrons. The van der Waals surface area contributed by atoms with Crippen LogP contribution in [0, 0.1) is 11.2 Å². The van der Waals surface area contributed by atoms with Crippen LogP contribution in [-0.2, 0) is 9.59 Å². The van der Waals surface area contributed by atoms with Crippen LogP contribution in [0.25, 0.3) is 11.3 Å². The summed E-state index contributed by atoms with van der Waals surface area (Å²) in [5.41, 5.74) is -0.742. The second-order valence-electron chi connectivity index (χ2n) is 11.1. The Balaban J connectivity index is 1.43. The zero-order valence-electron chi connectivity index (χ0n) is 21.1. The van der Waals surface area contributed by atoms with Crippen molar-refractivity contribution < 1.29 is 28.3 Å². The molecule has 1 aliphatic carbocycles. The normalized spacial score (nSPS) is 26.8. The standard InChI is InChI=1S/C27H34FN3O5/c1-26(2,3)30-18-8-11-22(27(4,15-18)25(34)35)31-13-12-19(24(31)33)29-23(32)21-10-9-20(36-21)16-6-5-7-17(28)14-16/h5-7,9-10,14,18-19,22,30H,8,11-13,15H2,1-4H3,(H,29,32)(H,34,35)/t18?,19-,22?,27?/m0/s1. The van der Waals surface area contributed by atoms with E-state index >= 15 is 0 Å². The molecule has 1 aliphatic heterocycles. The fourth-order valence-electron chi connectivity index (χ4n) is 5.52. The second kappa shape index (κ2) is 9.69. The third-order valence-corrected chi connectivity index (χ3v) is 7.18. The number of halogens is 1. The Hall–Kier alpha value is -3.20. The molecule has 4 atom stereocenters. The Labute approximate surface area is 210 Å². The third-order valence-electron chi connectivity index (χ3n) is 7.18. The van der Waals surface area contributed by atoms with Gasteiger partial charge >= 0.3 is 5.97 Å². The number of aliphatic carboxylic acids is 1. The predicted molar refractivity (Wildman–Crippen MR) is 132 cm³/mol. The first-order valence-corrected chi connectivity index (χ1v) is 12.4. The smallest absolute Gasteiger partial charge is 0.311 e. The second-order valence-corrected chi connectivity index (χ2v) is 11.1. The number of amides is 2. The van der Waals surface area contributed by atoms with Crippen LogP contribution in [0.1, 0.15) is 63.9 Å². The van der Waals surface area contributed by atoms with E-state index in [9.17, 15) is 23.9 Å². The van der Waals surface area contributed by atoms with Crippen LogP contribution in [0.5, 0.6) is 0 Å². The van der Waals surface area contributed by atoms with Crippen LogP contribution in [0.3, 0.4) is 0 Å². The van der Waals surface area contributed by atoms with Crippen molar-refractivity contribution in [3.05, 3.63) is 48.0 Å². The Morgan fingerprint density at radius 2 is 1.92 bits per heavy atom. The molecule has 3 unspecified atom stereocenters. The Bertz CT molecular complexity index is 1160. The number of furan rings is 1. The van der Waals surface area contributed by atoms with Gasteiger partial charge in [-0.25, -0.2) is 4.39 Å². The maximum atomic E-state index is 13.5. The first-order chi connectivity index (χ1) is 16.9. The van der Waals surface area contributed by atoms with Crippen LogP contribution in [0.15, 0.2) is 40.8 Å². The highest BCUT2D eigenvalue weighted by molar-refractivity contribution is 5.96. The first-order valence-electron chi connectivity index (χ1n) is 12.4. The highest BCUT2D eigenvalue weighted by atomic mass is 19.1. The van der Waals surface area contributed by atoms with Crippen LogP contribution in [0.2, 0.25) is 0 Å². The van der Waals surface area contributed by atoms with Gasteiger partial charge in [-0.2, -0.15) is 0 Å². The summed E-state index contributed by atoms with van der Waals surface area (Å²) in [5, 5.41) is 16.4. The van der Waals surface area contributed by atoms with Crippen molar-refractivity contribution in [1.82, 2.24) is 15.5 Å². The van der Waals surface area contributed by atoms with Gasteiger partial charge in [0.2, 0.25) is 5.91 Å². The first kappa shape index (κ1) is 25.9. The monoisotopic (exact) mass is 499 g/mol. The molecule has 2 aliphatic rings. The largest absolute Gasteiger partial charge is 0.481 e. The molecule has 36 heavy (non-hydrogen) atoms. The average molecular weight is 500 g/mol. The van der Waals surface area contributed by atoms with Gasteiger partial charge in [-0.05, 0) is 77.6 Å². The highest BCUT2D eigenvalue weighted by Crippen LogP contribution is 2.41. The molecule has 0 spiro atoms. The van der Waals surface area contributed by atoms with Gasteiger partial charge in [-0.1, -0.05) is 12.1 Å². The van der Waals surface area contributed by atoms with Gasteiger partial charge in [0.05, 0.1) is 5.41 Å². The van der Waals surface area contributed by atoms with E-state index in [0.717, 1.165) is 6.42 Å². The quantitative estimate of drug-likeness (QED) is 0.557. The topological polar surface area (TPSA) is 112 Å². The van der Waals surface area contributed by atoms with Crippen LogP contribution >= 0.6 is 0 Å². The minimum atomic E-state index is -1.10. The van der Waals surface area contributed by atoms with E-state index in [1.54, 1.807) is 30.0 Å². The summed E-state index contributed by atoms with van der Waals surface area (Å²) < 4.78 is 19.1. The van der Waals surface area contributed by atoms with Gasteiger partial charge in [0.25, 0.3) is 5.91 Å². The van der Waals surface area contributed by atoms with Crippen molar-refractivity contribution in [3.63, 3.8) is 0 Å². The molecule has 194 valence electrons. The van der Waals surface area contributed by atoms with E-state index in [4.69, 9.17) is 4.42 Å². The number of benzene rings is 1. The average Bonchev–Trinajstić information content (AvgIpc) is 3.41. The number of carboxylic acids is 1. The molecule has 2 amide bonds. The maximum Gasteiger partial charge on any atom is 0.311 e. The van der Waals surface area contributed by atoms with Crippen LogP contribution in [0.4, 0.5) is 4.39 Å². The fraction of sp³-hybridized carbons (Fsp3) is 0.519. The maximum absolute atomic E-state index is 13.5. The molecule has 3 N–H and O–H groups in total. The van der Waals surface area contributed by atoms with E-state index in [-0.39, 0.29) is 23.2 Å². The molecule has 1 aromatic carbocycles. The molecule has 0 bridgehead atoms. The summed E-state index contributed by atoms with van der Waals surface area (Å²) in [5.74, 6) is -1.80. The molecule has 1 saturated heterocycles. The number of hydrogen-bond acceptors (Lipinski definition) is 5. The Kier molecular flexibility index (Phi) is 6.96. The Morgan fingerprint density at radius 1 is 1.17 bits per heavy atom. The van der Waals surface area contributed by atoms with Crippen molar-refractivity contribution in [3.8, 4) is 11.3 Å². The van der Waals surface area contributed by atoms with Crippen molar-refractivity contribution in [2.45, 2.75) is 77.0 Å². The number of nitrogens with zero attached hydrogens (tertiary/aromatic N) is 1. The summed E-state index contributed by atoms with van der Waals surface area (Å²) in [6.45, 7) is 8.24.